The van der Waals surface area contributed by atoms with Gasteiger partial charge in [-0.1, -0.05) is 50.5 Å². The van der Waals surface area contributed by atoms with Gasteiger partial charge in [0.1, 0.15) is 11.3 Å². The number of nitrogens with one attached hydrogen (secondary N) is 1. The summed E-state index contributed by atoms with van der Waals surface area (Å²) in [6.45, 7) is 7.37. The minimum atomic E-state index is -1.28. The number of para-hydroxylation sites is 2. The number of unbranched alkanes of at least 4 members (excludes halogenated alkanes) is 2. The molecule has 0 saturated carbocycles. The third-order valence-electron chi connectivity index (χ3n) is 5.42. The van der Waals surface area contributed by atoms with Gasteiger partial charge in [-0.05, 0) is 57.0 Å². The maximum atomic E-state index is 11.3. The number of hydrogen-bond donors (Lipinski definition) is 2. The molecular formula is C25H32N2O4. The first-order chi connectivity index (χ1) is 14.8. The highest BCUT2D eigenvalue weighted by Gasteiger charge is 2.29. The Balaban J connectivity index is 1.73. The quantitative estimate of drug-likeness (QED) is 0.365. The molecule has 166 valence electrons. The van der Waals surface area contributed by atoms with Crippen molar-refractivity contribution in [2.75, 3.05) is 0 Å². The van der Waals surface area contributed by atoms with Crippen LogP contribution in [0.4, 0.5) is 0 Å². The Kier molecular flexibility index (Phi) is 7.33. The number of carbonyl (C=O) groups is 1. The lowest BCUT2D eigenvalue weighted by atomic mass is 10.0. The molecule has 0 spiro atoms. The van der Waals surface area contributed by atoms with E-state index in [-0.39, 0.29) is 12.1 Å². The van der Waals surface area contributed by atoms with E-state index in [1.807, 2.05) is 48.5 Å². The van der Waals surface area contributed by atoms with E-state index in [9.17, 15) is 9.90 Å². The molecule has 3 rings (SSSR count). The van der Waals surface area contributed by atoms with Gasteiger partial charge in [-0.2, -0.15) is 0 Å². The number of nitrogens with zero attached hydrogens (tertiary/aromatic N) is 1. The summed E-state index contributed by atoms with van der Waals surface area (Å²) in [5, 5.41) is 12.9. The van der Waals surface area contributed by atoms with Gasteiger partial charge in [0.25, 0.3) is 0 Å². The molecule has 0 fully saturated rings. The van der Waals surface area contributed by atoms with Crippen molar-refractivity contribution in [3.05, 3.63) is 60.0 Å². The maximum Gasteiger partial charge on any atom is 0.347 e. The van der Waals surface area contributed by atoms with Crippen LogP contribution in [0.3, 0.4) is 0 Å². The molecule has 2 unspecified atom stereocenters. The van der Waals surface area contributed by atoms with Crippen LogP contribution < -0.4 is 10.1 Å². The summed E-state index contributed by atoms with van der Waals surface area (Å²) in [7, 11) is 0. The molecule has 0 aliphatic carbocycles. The summed E-state index contributed by atoms with van der Waals surface area (Å²) < 4.78 is 11.6. The van der Waals surface area contributed by atoms with Crippen LogP contribution in [-0.4, -0.2) is 21.7 Å². The Bertz CT molecular complexity index is 961. The van der Waals surface area contributed by atoms with E-state index < -0.39 is 11.6 Å². The molecular weight excluding hydrogens is 392 g/mol. The first-order valence-electron chi connectivity index (χ1n) is 10.9. The zero-order valence-electron chi connectivity index (χ0n) is 18.7. The predicted octanol–water partition coefficient (Wildman–Crippen LogP) is 6.04. The summed E-state index contributed by atoms with van der Waals surface area (Å²) in [4.78, 5) is 16.0. The Labute approximate surface area is 183 Å². The van der Waals surface area contributed by atoms with E-state index in [1.54, 1.807) is 0 Å². The van der Waals surface area contributed by atoms with Crippen molar-refractivity contribution >= 4 is 17.1 Å². The number of hydrogen-bond acceptors (Lipinski definition) is 5. The number of aromatic nitrogens is 1. The van der Waals surface area contributed by atoms with Crippen molar-refractivity contribution in [2.24, 2.45) is 0 Å². The Morgan fingerprint density at radius 3 is 2.52 bits per heavy atom. The summed E-state index contributed by atoms with van der Waals surface area (Å²) in [6.07, 6.45) is 4.36. The third kappa shape index (κ3) is 5.85. The molecule has 0 aliphatic rings. The molecule has 0 radical (unpaired) electrons. The number of ether oxygens (including phenoxy) is 1. The normalized spacial score (nSPS) is 13.8. The molecule has 0 amide bonds. The summed E-state index contributed by atoms with van der Waals surface area (Å²) in [5.41, 5.74) is 1.48. The van der Waals surface area contributed by atoms with Crippen LogP contribution >= 0.6 is 0 Å². The van der Waals surface area contributed by atoms with Crippen molar-refractivity contribution in [2.45, 2.75) is 71.1 Å². The summed E-state index contributed by atoms with van der Waals surface area (Å²) in [5.74, 6) is 0.244. The Morgan fingerprint density at radius 2 is 1.87 bits per heavy atom. The van der Waals surface area contributed by atoms with Gasteiger partial charge in [0.05, 0.1) is 6.04 Å². The number of carboxylic acid groups (broad SMARTS) is 1. The second-order valence-electron chi connectivity index (χ2n) is 8.44. The van der Waals surface area contributed by atoms with Crippen LogP contribution in [-0.2, 0) is 4.79 Å². The van der Waals surface area contributed by atoms with Gasteiger partial charge in [0, 0.05) is 6.04 Å². The lowest BCUT2D eigenvalue weighted by Crippen LogP contribution is -2.37. The summed E-state index contributed by atoms with van der Waals surface area (Å²) >= 11 is 0. The molecule has 0 bridgehead atoms. The van der Waals surface area contributed by atoms with Crippen molar-refractivity contribution in [3.8, 4) is 5.75 Å². The van der Waals surface area contributed by atoms with E-state index in [0.717, 1.165) is 42.3 Å². The van der Waals surface area contributed by atoms with E-state index >= 15 is 0 Å². The second kappa shape index (κ2) is 9.96. The smallest absolute Gasteiger partial charge is 0.347 e. The van der Waals surface area contributed by atoms with Crippen LogP contribution in [0, 0.1) is 0 Å². The molecule has 1 heterocycles. The highest BCUT2D eigenvalue weighted by molar-refractivity contribution is 5.76. The Morgan fingerprint density at radius 1 is 1.16 bits per heavy atom. The first kappa shape index (κ1) is 22.8. The van der Waals surface area contributed by atoms with Gasteiger partial charge in [-0.25, -0.2) is 9.78 Å². The van der Waals surface area contributed by atoms with Crippen molar-refractivity contribution in [3.63, 3.8) is 0 Å². The highest BCUT2D eigenvalue weighted by Crippen LogP contribution is 2.28. The fourth-order valence-corrected chi connectivity index (χ4v) is 3.48. The number of fused-ring (bicyclic) bond motifs is 1. The van der Waals surface area contributed by atoms with E-state index in [1.165, 1.54) is 13.8 Å². The molecule has 3 aromatic rings. The van der Waals surface area contributed by atoms with Crippen molar-refractivity contribution in [1.29, 1.82) is 0 Å². The van der Waals surface area contributed by atoms with Gasteiger partial charge < -0.3 is 14.3 Å². The molecule has 2 aromatic carbocycles. The highest BCUT2D eigenvalue weighted by atomic mass is 16.5. The van der Waals surface area contributed by atoms with Crippen LogP contribution in [0.25, 0.3) is 11.1 Å². The van der Waals surface area contributed by atoms with Gasteiger partial charge in [-0.3, -0.25) is 5.32 Å². The standard InChI is InChI=1S/C25H32N2O4/c1-5-6-7-11-21(23-27-20-10-8-9-12-22(20)30-23)26-17(2)18-13-15-19(16-14-18)31-25(3,4)24(28)29/h8-10,12-17,21,26H,5-7,11H2,1-4H3,(H,28,29). The van der Waals surface area contributed by atoms with Gasteiger partial charge >= 0.3 is 5.97 Å². The molecule has 0 saturated heterocycles. The fourth-order valence-electron chi connectivity index (χ4n) is 3.48. The number of rotatable bonds is 11. The van der Waals surface area contributed by atoms with Crippen LogP contribution in [0.5, 0.6) is 5.75 Å². The van der Waals surface area contributed by atoms with E-state index in [2.05, 4.69) is 19.2 Å². The lowest BCUT2D eigenvalue weighted by molar-refractivity contribution is -0.152. The number of benzene rings is 2. The minimum Gasteiger partial charge on any atom is -0.478 e. The molecule has 2 atom stereocenters. The van der Waals surface area contributed by atoms with Crippen LogP contribution in [0.1, 0.15) is 76.9 Å². The average molecular weight is 425 g/mol. The summed E-state index contributed by atoms with van der Waals surface area (Å²) in [6, 6.07) is 15.4. The zero-order chi connectivity index (χ0) is 22.4. The molecule has 2 N–H and O–H groups in total. The second-order valence-corrected chi connectivity index (χ2v) is 8.44. The number of aliphatic carboxylic acids is 1. The minimum absolute atomic E-state index is 0.0100. The van der Waals surface area contributed by atoms with Gasteiger partial charge in [0.15, 0.2) is 11.2 Å². The number of carboxylic acids is 1. The average Bonchev–Trinajstić information content (AvgIpc) is 3.17. The monoisotopic (exact) mass is 424 g/mol. The van der Waals surface area contributed by atoms with Crippen molar-refractivity contribution < 1.29 is 19.1 Å². The predicted molar refractivity (Wildman–Crippen MR) is 121 cm³/mol. The van der Waals surface area contributed by atoms with Crippen molar-refractivity contribution in [1.82, 2.24) is 10.3 Å². The molecule has 31 heavy (non-hydrogen) atoms. The molecule has 1 aromatic heterocycles. The van der Waals surface area contributed by atoms with E-state index in [0.29, 0.717) is 11.6 Å². The zero-order valence-corrected chi connectivity index (χ0v) is 18.7. The van der Waals surface area contributed by atoms with E-state index in [4.69, 9.17) is 14.1 Å². The fraction of sp³-hybridized carbons (Fsp3) is 0.440. The largest absolute Gasteiger partial charge is 0.478 e. The topological polar surface area (TPSA) is 84.6 Å². The van der Waals surface area contributed by atoms with Gasteiger partial charge in [-0.15, -0.1) is 0 Å². The van der Waals surface area contributed by atoms with Crippen LogP contribution in [0.2, 0.25) is 0 Å². The first-order valence-corrected chi connectivity index (χ1v) is 10.9. The Hall–Kier alpha value is -2.86. The molecule has 0 aliphatic heterocycles. The maximum absolute atomic E-state index is 11.3. The lowest BCUT2D eigenvalue weighted by Gasteiger charge is -2.23. The molecule has 6 nitrogen and oxygen atoms in total. The van der Waals surface area contributed by atoms with Crippen LogP contribution in [0.15, 0.2) is 52.9 Å². The third-order valence-corrected chi connectivity index (χ3v) is 5.42. The molecule has 6 heteroatoms. The number of oxazole rings is 1. The van der Waals surface area contributed by atoms with Gasteiger partial charge in [0.2, 0.25) is 5.89 Å². The SMILES string of the molecule is CCCCCC(NC(C)c1ccc(OC(C)(C)C(=O)O)cc1)c1nc2ccccc2o1.